The standard InChI is InChI=1S/C30H38N6O2/c1-5-8-9-12-20-36(19-6-2)30(38)23-17-15-22(16-18-23)25(7-3)32-27(21(4)31)29(37)33-28-24-13-10-11-14-26(24)34-35-28/h7,10-11,13-18H,3,5-6,8-9,12,19-20,31H2,1-2,4H3,(H2,33,34,35,37)/b27-21+,32-25?. The molecule has 2 amide bonds. The molecule has 2 aromatic carbocycles. The SMILES string of the molecule is C=CC(=N/C(C(=O)Nc1n[nH]c2ccccc12)=C(\C)N)c1ccc(C(=O)N(CCC)CCCCCC)cc1. The van der Waals surface area contributed by atoms with Crippen LogP contribution in [0.2, 0.25) is 0 Å². The van der Waals surface area contributed by atoms with Crippen LogP contribution in [0.3, 0.4) is 0 Å². The first-order chi connectivity index (χ1) is 18.4. The average Bonchev–Trinajstić information content (AvgIpc) is 3.33. The number of aliphatic imine (C=N–C) groups is 1. The number of benzene rings is 2. The van der Waals surface area contributed by atoms with E-state index in [0.29, 0.717) is 17.1 Å². The van der Waals surface area contributed by atoms with E-state index in [1.807, 2.05) is 41.3 Å². The zero-order valence-corrected chi connectivity index (χ0v) is 22.6. The Morgan fingerprint density at radius 2 is 1.74 bits per heavy atom. The second-order valence-corrected chi connectivity index (χ2v) is 9.23. The van der Waals surface area contributed by atoms with Crippen LogP contribution in [0.15, 0.2) is 77.6 Å². The molecule has 0 aliphatic heterocycles. The van der Waals surface area contributed by atoms with Gasteiger partial charge in [0.1, 0.15) is 5.70 Å². The maximum absolute atomic E-state index is 13.1. The number of carbonyl (C=O) groups is 2. The molecular formula is C30H38N6O2. The molecule has 1 aromatic heterocycles. The van der Waals surface area contributed by atoms with E-state index in [0.717, 1.165) is 48.8 Å². The highest BCUT2D eigenvalue weighted by atomic mass is 16.2. The van der Waals surface area contributed by atoms with Gasteiger partial charge in [-0.15, -0.1) is 0 Å². The zero-order chi connectivity index (χ0) is 27.5. The fourth-order valence-corrected chi connectivity index (χ4v) is 4.17. The van der Waals surface area contributed by atoms with Crippen molar-refractivity contribution < 1.29 is 9.59 Å². The van der Waals surface area contributed by atoms with Gasteiger partial charge < -0.3 is 16.0 Å². The molecule has 8 nitrogen and oxygen atoms in total. The van der Waals surface area contributed by atoms with E-state index in [1.54, 1.807) is 25.1 Å². The van der Waals surface area contributed by atoms with Crippen LogP contribution in [-0.2, 0) is 4.79 Å². The van der Waals surface area contributed by atoms with Crippen LogP contribution in [0.5, 0.6) is 0 Å². The number of nitrogens with two attached hydrogens (primary N) is 1. The highest BCUT2D eigenvalue weighted by Gasteiger charge is 2.17. The van der Waals surface area contributed by atoms with Crippen molar-refractivity contribution in [2.24, 2.45) is 10.7 Å². The van der Waals surface area contributed by atoms with Crippen LogP contribution in [0, 0.1) is 0 Å². The minimum Gasteiger partial charge on any atom is -0.400 e. The zero-order valence-electron chi connectivity index (χ0n) is 22.6. The number of unbranched alkanes of at least 4 members (excludes halogenated alkanes) is 3. The molecule has 0 fully saturated rings. The number of nitrogens with one attached hydrogen (secondary N) is 2. The van der Waals surface area contributed by atoms with Crippen LogP contribution < -0.4 is 11.1 Å². The number of hydrogen-bond acceptors (Lipinski definition) is 5. The Hall–Kier alpha value is -4.20. The summed E-state index contributed by atoms with van der Waals surface area (Å²) < 4.78 is 0. The Balaban J connectivity index is 1.78. The van der Waals surface area contributed by atoms with E-state index in [4.69, 9.17) is 5.73 Å². The molecule has 0 spiro atoms. The van der Waals surface area contributed by atoms with Crippen molar-refractivity contribution in [3.63, 3.8) is 0 Å². The third kappa shape index (κ3) is 7.18. The van der Waals surface area contributed by atoms with Crippen molar-refractivity contribution in [1.82, 2.24) is 15.1 Å². The maximum atomic E-state index is 13.1. The fourth-order valence-electron chi connectivity index (χ4n) is 4.17. The quantitative estimate of drug-likeness (QED) is 0.152. The van der Waals surface area contributed by atoms with Crippen LogP contribution in [0.1, 0.15) is 68.8 Å². The summed E-state index contributed by atoms with van der Waals surface area (Å²) in [5, 5.41) is 10.7. The molecule has 0 radical (unpaired) electrons. The predicted molar refractivity (Wildman–Crippen MR) is 155 cm³/mol. The summed E-state index contributed by atoms with van der Waals surface area (Å²) in [6.45, 7) is 11.2. The van der Waals surface area contributed by atoms with Gasteiger partial charge in [0.2, 0.25) is 0 Å². The van der Waals surface area contributed by atoms with E-state index >= 15 is 0 Å². The molecule has 0 atom stereocenters. The predicted octanol–water partition coefficient (Wildman–Crippen LogP) is 5.80. The number of allylic oxidation sites excluding steroid dienone is 2. The van der Waals surface area contributed by atoms with Crippen LogP contribution >= 0.6 is 0 Å². The Morgan fingerprint density at radius 1 is 1.03 bits per heavy atom. The van der Waals surface area contributed by atoms with Gasteiger partial charge in [-0.05, 0) is 50.1 Å². The molecule has 0 unspecified atom stereocenters. The number of carbonyl (C=O) groups excluding carboxylic acids is 2. The largest absolute Gasteiger partial charge is 0.400 e. The molecule has 0 bridgehead atoms. The lowest BCUT2D eigenvalue weighted by atomic mass is 10.1. The van der Waals surface area contributed by atoms with E-state index < -0.39 is 5.91 Å². The van der Waals surface area contributed by atoms with E-state index in [1.165, 1.54) is 12.8 Å². The number of anilines is 1. The van der Waals surface area contributed by atoms with Gasteiger partial charge in [-0.1, -0.05) is 64.0 Å². The smallest absolute Gasteiger partial charge is 0.277 e. The van der Waals surface area contributed by atoms with Gasteiger partial charge in [0, 0.05) is 35.3 Å². The lowest BCUT2D eigenvalue weighted by Gasteiger charge is -2.22. The minimum absolute atomic E-state index is 0.0241. The Morgan fingerprint density at radius 3 is 2.39 bits per heavy atom. The molecule has 4 N–H and O–H groups in total. The van der Waals surface area contributed by atoms with E-state index in [2.05, 4.69) is 40.9 Å². The number of nitrogens with zero attached hydrogens (tertiary/aromatic N) is 3. The summed E-state index contributed by atoms with van der Waals surface area (Å²) in [6.07, 6.45) is 6.96. The molecule has 8 heteroatoms. The first-order valence-corrected chi connectivity index (χ1v) is 13.2. The summed E-state index contributed by atoms with van der Waals surface area (Å²) in [6, 6.07) is 14.7. The van der Waals surface area contributed by atoms with Gasteiger partial charge in [-0.2, -0.15) is 5.10 Å². The first-order valence-electron chi connectivity index (χ1n) is 13.2. The van der Waals surface area contributed by atoms with E-state index in [-0.39, 0.29) is 17.3 Å². The molecule has 0 saturated heterocycles. The summed E-state index contributed by atoms with van der Waals surface area (Å²) in [4.78, 5) is 32.7. The van der Waals surface area contributed by atoms with Gasteiger partial charge >= 0.3 is 0 Å². The van der Waals surface area contributed by atoms with Gasteiger partial charge in [-0.25, -0.2) is 4.99 Å². The Labute approximate surface area is 224 Å². The Kier molecular flexibility index (Phi) is 10.4. The molecule has 0 aliphatic carbocycles. The number of H-pyrrole nitrogens is 1. The van der Waals surface area contributed by atoms with Crippen LogP contribution in [-0.4, -0.2) is 45.7 Å². The minimum atomic E-state index is -0.480. The van der Waals surface area contributed by atoms with Gasteiger partial charge in [0.25, 0.3) is 11.8 Å². The van der Waals surface area contributed by atoms with Crippen molar-refractivity contribution in [3.8, 4) is 0 Å². The summed E-state index contributed by atoms with van der Waals surface area (Å²) >= 11 is 0. The Bertz CT molecular complexity index is 1320. The fraction of sp³-hybridized carbons (Fsp3) is 0.333. The second kappa shape index (κ2) is 13.9. The second-order valence-electron chi connectivity index (χ2n) is 9.23. The van der Waals surface area contributed by atoms with Crippen molar-refractivity contribution in [2.45, 2.75) is 52.9 Å². The monoisotopic (exact) mass is 514 g/mol. The highest BCUT2D eigenvalue weighted by molar-refractivity contribution is 6.14. The van der Waals surface area contributed by atoms with Crippen molar-refractivity contribution in [1.29, 1.82) is 0 Å². The number of rotatable bonds is 13. The van der Waals surface area contributed by atoms with Crippen LogP contribution in [0.25, 0.3) is 10.9 Å². The summed E-state index contributed by atoms with van der Waals surface area (Å²) in [5.74, 6) is -0.0587. The molecule has 3 rings (SSSR count). The van der Waals surface area contributed by atoms with Gasteiger partial charge in [-0.3, -0.25) is 14.7 Å². The summed E-state index contributed by atoms with van der Waals surface area (Å²) in [5.41, 5.74) is 8.98. The lowest BCUT2D eigenvalue weighted by Crippen LogP contribution is -2.32. The molecular weight excluding hydrogens is 476 g/mol. The molecule has 1 heterocycles. The molecule has 200 valence electrons. The van der Waals surface area contributed by atoms with Crippen LogP contribution in [0.4, 0.5) is 5.82 Å². The summed E-state index contributed by atoms with van der Waals surface area (Å²) in [7, 11) is 0. The topological polar surface area (TPSA) is 116 Å². The highest BCUT2D eigenvalue weighted by Crippen LogP contribution is 2.21. The number of para-hydroxylation sites is 1. The number of hydrogen-bond donors (Lipinski definition) is 3. The third-order valence-corrected chi connectivity index (χ3v) is 6.21. The van der Waals surface area contributed by atoms with E-state index in [9.17, 15) is 9.59 Å². The third-order valence-electron chi connectivity index (χ3n) is 6.21. The average molecular weight is 515 g/mol. The maximum Gasteiger partial charge on any atom is 0.277 e. The number of aromatic amines is 1. The van der Waals surface area contributed by atoms with Crippen molar-refractivity contribution in [2.75, 3.05) is 18.4 Å². The first kappa shape index (κ1) is 28.4. The number of aromatic nitrogens is 2. The van der Waals surface area contributed by atoms with Gasteiger partial charge in [0.15, 0.2) is 5.82 Å². The van der Waals surface area contributed by atoms with Gasteiger partial charge in [0.05, 0.1) is 11.2 Å². The van der Waals surface area contributed by atoms with Crippen molar-refractivity contribution in [3.05, 3.63) is 83.7 Å². The number of fused-ring (bicyclic) bond motifs is 1. The lowest BCUT2D eigenvalue weighted by molar-refractivity contribution is -0.112. The number of amides is 2. The molecule has 3 aromatic rings. The molecule has 0 aliphatic rings. The normalized spacial score (nSPS) is 12.2. The molecule has 0 saturated carbocycles. The molecule has 38 heavy (non-hydrogen) atoms. The van der Waals surface area contributed by atoms with Crippen molar-refractivity contribution >= 4 is 34.2 Å².